The number of aromatic carboxylic acids is 1. The minimum absolute atomic E-state index is 0.142. The van der Waals surface area contributed by atoms with Gasteiger partial charge in [0, 0.05) is 17.1 Å². The van der Waals surface area contributed by atoms with Crippen LogP contribution in [0, 0.1) is 0 Å². The number of ether oxygens (including phenoxy) is 1. The molecule has 0 spiro atoms. The largest absolute Gasteiger partial charge is 0.545 e. The Morgan fingerprint density at radius 1 is 1.23 bits per heavy atom. The van der Waals surface area contributed by atoms with Gasteiger partial charge >= 0.3 is 11.7 Å². The molecular formula is C15H14NO6-. The quantitative estimate of drug-likeness (QED) is 0.842. The fraction of sp³-hybridized carbons (Fsp3) is 0.267. The molecule has 0 bridgehead atoms. The highest BCUT2D eigenvalue weighted by Crippen LogP contribution is 2.19. The molecule has 0 aliphatic carbocycles. The van der Waals surface area contributed by atoms with Gasteiger partial charge in [-0.2, -0.15) is 0 Å². The topological polar surface area (TPSA) is 109 Å². The lowest BCUT2D eigenvalue weighted by atomic mass is 10.1. The third kappa shape index (κ3) is 3.63. The summed E-state index contributed by atoms with van der Waals surface area (Å²) in [5, 5.41) is 13.7. The second-order valence-electron chi connectivity index (χ2n) is 5.61. The normalized spacial score (nSPS) is 11.2. The van der Waals surface area contributed by atoms with E-state index in [1.165, 1.54) is 18.2 Å². The lowest BCUT2D eigenvalue weighted by Gasteiger charge is -2.19. The van der Waals surface area contributed by atoms with Crippen molar-refractivity contribution in [2.24, 2.45) is 0 Å². The minimum atomic E-state index is -1.60. The molecule has 0 fully saturated rings. The summed E-state index contributed by atoms with van der Waals surface area (Å²) in [5.41, 5.74) is -1.71. The smallest absolute Gasteiger partial charge is 0.412 e. The van der Waals surface area contributed by atoms with Gasteiger partial charge in [0.2, 0.25) is 0 Å². The van der Waals surface area contributed by atoms with E-state index >= 15 is 0 Å². The lowest BCUT2D eigenvalue weighted by molar-refractivity contribution is -0.255. The van der Waals surface area contributed by atoms with Gasteiger partial charge in [0.25, 0.3) is 0 Å². The van der Waals surface area contributed by atoms with Crippen LogP contribution in [0.15, 0.2) is 33.5 Å². The maximum atomic E-state index is 11.7. The van der Waals surface area contributed by atoms with Crippen molar-refractivity contribution >= 4 is 28.7 Å². The van der Waals surface area contributed by atoms with Crippen molar-refractivity contribution in [3.8, 4) is 0 Å². The van der Waals surface area contributed by atoms with Gasteiger partial charge in [-0.25, -0.2) is 9.59 Å². The molecule has 1 N–H and O–H groups in total. The number of hydrogen-bond acceptors (Lipinski definition) is 6. The molecule has 7 nitrogen and oxygen atoms in total. The molecule has 0 radical (unpaired) electrons. The molecule has 22 heavy (non-hydrogen) atoms. The van der Waals surface area contributed by atoms with Crippen molar-refractivity contribution in [1.29, 1.82) is 0 Å². The number of carboxylic acids is 1. The van der Waals surface area contributed by atoms with Crippen molar-refractivity contribution in [3.05, 3.63) is 40.2 Å². The average molecular weight is 304 g/mol. The SMILES string of the molecule is CC(C)(C)OC(=O)Nc1ccc2cc(C(=O)[O-])c(=O)oc2c1. The molecule has 0 saturated carbocycles. The summed E-state index contributed by atoms with van der Waals surface area (Å²) in [6.45, 7) is 5.19. The first kappa shape index (κ1) is 15.6. The van der Waals surface area contributed by atoms with Crippen molar-refractivity contribution in [3.63, 3.8) is 0 Å². The van der Waals surface area contributed by atoms with E-state index in [0.717, 1.165) is 6.07 Å². The summed E-state index contributed by atoms with van der Waals surface area (Å²) in [6, 6.07) is 5.61. The summed E-state index contributed by atoms with van der Waals surface area (Å²) in [4.78, 5) is 33.9. The van der Waals surface area contributed by atoms with E-state index in [4.69, 9.17) is 9.15 Å². The Hall–Kier alpha value is -2.83. The summed E-state index contributed by atoms with van der Waals surface area (Å²) >= 11 is 0. The van der Waals surface area contributed by atoms with Crippen molar-refractivity contribution in [1.82, 2.24) is 0 Å². The molecule has 2 aromatic rings. The molecule has 1 amide bonds. The zero-order valence-electron chi connectivity index (χ0n) is 12.3. The summed E-state index contributed by atoms with van der Waals surface area (Å²) < 4.78 is 10.0. The van der Waals surface area contributed by atoms with Crippen LogP contribution in [0.1, 0.15) is 31.1 Å². The van der Waals surface area contributed by atoms with Crippen LogP contribution in [-0.4, -0.2) is 17.7 Å². The molecule has 0 aliphatic heterocycles. The van der Waals surface area contributed by atoms with Crippen LogP contribution in [-0.2, 0) is 4.74 Å². The standard InChI is InChI=1S/C15H15NO6/c1-15(2,3)22-14(20)16-9-5-4-8-6-10(12(17)18)13(19)21-11(8)7-9/h4-7H,1-3H3,(H,16,20)(H,17,18)/p-1. The number of carboxylic acid groups (broad SMARTS) is 1. The molecule has 1 heterocycles. The first-order chi connectivity index (χ1) is 10.2. The highest BCUT2D eigenvalue weighted by atomic mass is 16.6. The molecule has 1 aromatic carbocycles. The zero-order valence-corrected chi connectivity index (χ0v) is 12.3. The van der Waals surface area contributed by atoms with Gasteiger partial charge in [-0.1, -0.05) is 0 Å². The average Bonchev–Trinajstić information content (AvgIpc) is 2.34. The number of rotatable bonds is 2. The van der Waals surface area contributed by atoms with Crippen LogP contribution in [0.2, 0.25) is 0 Å². The fourth-order valence-electron chi connectivity index (χ4n) is 1.75. The number of benzene rings is 1. The van der Waals surface area contributed by atoms with Gasteiger partial charge in [0.05, 0.1) is 11.5 Å². The zero-order chi connectivity index (χ0) is 16.5. The Bertz CT molecular complexity index is 800. The Morgan fingerprint density at radius 3 is 2.50 bits per heavy atom. The van der Waals surface area contributed by atoms with Crippen LogP contribution in [0.3, 0.4) is 0 Å². The first-order valence-electron chi connectivity index (χ1n) is 6.45. The minimum Gasteiger partial charge on any atom is -0.545 e. The summed E-state index contributed by atoms with van der Waals surface area (Å²) in [7, 11) is 0. The van der Waals surface area contributed by atoms with Gasteiger partial charge in [-0.05, 0) is 39.0 Å². The third-order valence-corrected chi connectivity index (χ3v) is 2.60. The number of carbonyl (C=O) groups excluding carboxylic acids is 2. The van der Waals surface area contributed by atoms with E-state index in [0.29, 0.717) is 11.1 Å². The second-order valence-corrected chi connectivity index (χ2v) is 5.61. The van der Waals surface area contributed by atoms with Gasteiger partial charge in [0.15, 0.2) is 0 Å². The van der Waals surface area contributed by atoms with Gasteiger partial charge < -0.3 is 19.1 Å². The molecule has 0 atom stereocenters. The summed E-state index contributed by atoms with van der Waals surface area (Å²) in [5.74, 6) is -1.60. The van der Waals surface area contributed by atoms with Gasteiger partial charge in [-0.15, -0.1) is 0 Å². The monoisotopic (exact) mass is 304 g/mol. The van der Waals surface area contributed by atoms with Crippen LogP contribution in [0.25, 0.3) is 11.0 Å². The Labute approximate surface area is 125 Å². The van der Waals surface area contributed by atoms with Crippen molar-refractivity contribution in [2.45, 2.75) is 26.4 Å². The number of hydrogen-bond donors (Lipinski definition) is 1. The van der Waals surface area contributed by atoms with Crippen molar-refractivity contribution in [2.75, 3.05) is 5.32 Å². The maximum absolute atomic E-state index is 11.7. The third-order valence-electron chi connectivity index (χ3n) is 2.60. The van der Waals surface area contributed by atoms with E-state index in [1.54, 1.807) is 20.8 Å². The van der Waals surface area contributed by atoms with E-state index in [1.807, 2.05) is 0 Å². The van der Waals surface area contributed by atoms with E-state index in [-0.39, 0.29) is 5.58 Å². The van der Waals surface area contributed by atoms with Crippen molar-refractivity contribution < 1.29 is 23.8 Å². The molecule has 1 aromatic heterocycles. The van der Waals surface area contributed by atoms with E-state index < -0.39 is 28.9 Å². The molecule has 0 unspecified atom stereocenters. The Balaban J connectivity index is 2.31. The predicted molar refractivity (Wildman–Crippen MR) is 76.7 cm³/mol. The summed E-state index contributed by atoms with van der Waals surface area (Å²) in [6.07, 6.45) is -0.652. The van der Waals surface area contributed by atoms with Crippen LogP contribution < -0.4 is 16.0 Å². The molecule has 7 heteroatoms. The second kappa shape index (κ2) is 5.51. The Morgan fingerprint density at radius 2 is 1.91 bits per heavy atom. The maximum Gasteiger partial charge on any atom is 0.412 e. The highest BCUT2D eigenvalue weighted by molar-refractivity contribution is 5.92. The molecule has 116 valence electrons. The molecule has 2 rings (SSSR count). The van der Waals surface area contributed by atoms with Crippen LogP contribution in [0.4, 0.5) is 10.5 Å². The fourth-order valence-corrected chi connectivity index (χ4v) is 1.75. The van der Waals surface area contributed by atoms with E-state index in [2.05, 4.69) is 5.32 Å². The Kier molecular flexibility index (Phi) is 3.90. The van der Waals surface area contributed by atoms with Crippen LogP contribution >= 0.6 is 0 Å². The number of carbonyl (C=O) groups is 2. The van der Waals surface area contributed by atoms with Gasteiger partial charge in [-0.3, -0.25) is 5.32 Å². The number of fused-ring (bicyclic) bond motifs is 1. The molecule has 0 saturated heterocycles. The van der Waals surface area contributed by atoms with Gasteiger partial charge in [0.1, 0.15) is 11.2 Å². The first-order valence-corrected chi connectivity index (χ1v) is 6.45. The highest BCUT2D eigenvalue weighted by Gasteiger charge is 2.16. The number of amides is 1. The lowest BCUT2D eigenvalue weighted by Crippen LogP contribution is -2.28. The van der Waals surface area contributed by atoms with E-state index in [9.17, 15) is 19.5 Å². The van der Waals surface area contributed by atoms with Crippen LogP contribution in [0.5, 0.6) is 0 Å². The number of nitrogens with one attached hydrogen (secondary N) is 1. The molecular weight excluding hydrogens is 290 g/mol. The predicted octanol–water partition coefficient (Wildman–Crippen LogP) is 1.50. The number of anilines is 1. The molecule has 0 aliphatic rings.